The van der Waals surface area contributed by atoms with Crippen LogP contribution in [0.2, 0.25) is 0 Å². The molecule has 4 aliphatic carbocycles. The number of hydrogen-bond donors (Lipinski definition) is 2. The third-order valence-electron chi connectivity index (χ3n) is 10.3. The number of anilines is 1. The van der Waals surface area contributed by atoms with Crippen LogP contribution in [0, 0.1) is 34.5 Å². The number of benzene rings is 1. The highest BCUT2D eigenvalue weighted by Crippen LogP contribution is 2.67. The number of fused-ring (bicyclic) bond motifs is 5. The van der Waals surface area contributed by atoms with Crippen molar-refractivity contribution in [2.45, 2.75) is 77.4 Å². The molecule has 0 unspecified atom stereocenters. The molecule has 170 valence electrons. The Balaban J connectivity index is 1.40. The van der Waals surface area contributed by atoms with Gasteiger partial charge in [-0.1, -0.05) is 32.1 Å². The number of hydrogen-bond acceptors (Lipinski definition) is 3. The monoisotopic (exact) mass is 423 g/mol. The second kappa shape index (κ2) is 7.63. The Morgan fingerprint density at radius 2 is 1.61 bits per heavy atom. The molecular weight excluding hydrogens is 382 g/mol. The van der Waals surface area contributed by atoms with Crippen molar-refractivity contribution in [2.75, 3.05) is 19.0 Å². The summed E-state index contributed by atoms with van der Waals surface area (Å²) in [7, 11) is 4.14. The molecule has 3 nitrogen and oxygen atoms in total. The normalized spacial score (nSPS) is 45.7. The molecule has 4 aliphatic rings. The average Bonchev–Trinajstić information content (AvgIpc) is 2.99. The molecule has 31 heavy (non-hydrogen) atoms. The summed E-state index contributed by atoms with van der Waals surface area (Å²) < 4.78 is 0. The molecule has 2 N–H and O–H groups in total. The zero-order valence-corrected chi connectivity index (χ0v) is 19.8. The summed E-state index contributed by atoms with van der Waals surface area (Å²) in [4.78, 5) is 2.12. The van der Waals surface area contributed by atoms with E-state index in [0.717, 1.165) is 37.5 Å². The molecule has 1 aromatic carbocycles. The van der Waals surface area contributed by atoms with E-state index in [1.54, 1.807) is 0 Å². The van der Waals surface area contributed by atoms with Gasteiger partial charge in [-0.05, 0) is 104 Å². The van der Waals surface area contributed by atoms with Crippen LogP contribution < -0.4 is 4.90 Å². The molecule has 0 heterocycles. The van der Waals surface area contributed by atoms with Gasteiger partial charge in [0.25, 0.3) is 0 Å². The molecule has 0 saturated heterocycles. The SMILES string of the molecule is CN(C)c1ccc(/C=C2\C[C@H]3[C@@H]4CC[C@@H]5C[C@H](O)CC[C@]5(C)[C@H]4CC[C@]3(C)[C@H]2O)cc1. The van der Waals surface area contributed by atoms with E-state index in [9.17, 15) is 10.2 Å². The number of aliphatic hydroxyl groups is 2. The smallest absolute Gasteiger partial charge is 0.0809 e. The highest BCUT2D eigenvalue weighted by atomic mass is 16.3. The zero-order valence-electron chi connectivity index (χ0n) is 19.8. The minimum atomic E-state index is -0.314. The first-order valence-corrected chi connectivity index (χ1v) is 12.6. The van der Waals surface area contributed by atoms with Gasteiger partial charge in [0.15, 0.2) is 0 Å². The van der Waals surface area contributed by atoms with Crippen LogP contribution in [0.5, 0.6) is 0 Å². The molecule has 8 atom stereocenters. The molecule has 0 bridgehead atoms. The third-order valence-corrected chi connectivity index (χ3v) is 10.3. The van der Waals surface area contributed by atoms with Crippen molar-refractivity contribution in [3.05, 3.63) is 35.4 Å². The fraction of sp³-hybridized carbons (Fsp3) is 0.714. The summed E-state index contributed by atoms with van der Waals surface area (Å²) >= 11 is 0. The van der Waals surface area contributed by atoms with E-state index in [0.29, 0.717) is 17.3 Å². The van der Waals surface area contributed by atoms with Crippen molar-refractivity contribution in [2.24, 2.45) is 34.5 Å². The maximum absolute atomic E-state index is 11.5. The molecule has 0 aliphatic heterocycles. The van der Waals surface area contributed by atoms with Gasteiger partial charge in [-0.2, -0.15) is 0 Å². The first kappa shape index (κ1) is 21.5. The summed E-state index contributed by atoms with van der Waals surface area (Å²) in [5.41, 5.74) is 4.07. The van der Waals surface area contributed by atoms with E-state index >= 15 is 0 Å². The Kier molecular flexibility index (Phi) is 5.29. The van der Waals surface area contributed by atoms with Crippen molar-refractivity contribution >= 4 is 11.8 Å². The quantitative estimate of drug-likeness (QED) is 0.659. The third kappa shape index (κ3) is 3.38. The van der Waals surface area contributed by atoms with E-state index in [2.05, 4.69) is 63.2 Å². The zero-order chi connectivity index (χ0) is 22.0. The summed E-state index contributed by atoms with van der Waals surface area (Å²) in [6.45, 7) is 4.91. The molecule has 1 aromatic rings. The summed E-state index contributed by atoms with van der Waals surface area (Å²) in [6, 6.07) is 8.69. The van der Waals surface area contributed by atoms with Gasteiger partial charge < -0.3 is 15.1 Å². The van der Waals surface area contributed by atoms with Gasteiger partial charge >= 0.3 is 0 Å². The molecular formula is C28H41NO2. The largest absolute Gasteiger partial charge is 0.393 e. The van der Waals surface area contributed by atoms with E-state index < -0.39 is 0 Å². The topological polar surface area (TPSA) is 43.7 Å². The van der Waals surface area contributed by atoms with Gasteiger partial charge in [0.1, 0.15) is 0 Å². The Bertz CT molecular complexity index is 845. The standard InChI is InChI=1S/C28H41NO2/c1-27-13-11-22(30)17-20(27)7-10-23-24(27)12-14-28(2)25(23)16-19(26(28)31)15-18-5-8-21(9-6-18)29(3)4/h5-6,8-9,15,20,22-26,30-31H,7,10-14,16-17H2,1-4H3/b19-15+/t20-,22-,23-,24+,25+,26+,27+,28+/m1/s1. The van der Waals surface area contributed by atoms with E-state index in [4.69, 9.17) is 0 Å². The molecule has 4 fully saturated rings. The minimum absolute atomic E-state index is 0.0218. The van der Waals surface area contributed by atoms with Gasteiger partial charge in [-0.15, -0.1) is 0 Å². The second-order valence-corrected chi connectivity index (χ2v) is 11.9. The Morgan fingerprint density at radius 3 is 2.32 bits per heavy atom. The Labute approximate surface area is 188 Å². The van der Waals surface area contributed by atoms with Crippen molar-refractivity contribution in [1.82, 2.24) is 0 Å². The molecule has 0 aromatic heterocycles. The average molecular weight is 424 g/mol. The van der Waals surface area contributed by atoms with Crippen LogP contribution in [-0.2, 0) is 0 Å². The van der Waals surface area contributed by atoms with Crippen molar-refractivity contribution < 1.29 is 10.2 Å². The first-order chi connectivity index (χ1) is 14.7. The van der Waals surface area contributed by atoms with Gasteiger partial charge in [0, 0.05) is 25.2 Å². The van der Waals surface area contributed by atoms with E-state index in [-0.39, 0.29) is 17.6 Å². The molecule has 5 rings (SSSR count). The summed E-state index contributed by atoms with van der Waals surface area (Å²) in [5.74, 6) is 2.78. The highest BCUT2D eigenvalue weighted by molar-refractivity contribution is 5.59. The van der Waals surface area contributed by atoms with Crippen LogP contribution in [0.15, 0.2) is 29.8 Å². The molecule has 0 amide bonds. The summed E-state index contributed by atoms with van der Waals surface area (Å²) in [5, 5.41) is 21.7. The van der Waals surface area contributed by atoms with Gasteiger partial charge in [0.05, 0.1) is 12.2 Å². The lowest BCUT2D eigenvalue weighted by Crippen LogP contribution is -2.54. The molecule has 4 saturated carbocycles. The predicted octanol–water partition coefficient (Wildman–Crippen LogP) is 5.51. The molecule has 3 heteroatoms. The maximum Gasteiger partial charge on any atom is 0.0809 e. The second-order valence-electron chi connectivity index (χ2n) is 11.9. The predicted molar refractivity (Wildman–Crippen MR) is 128 cm³/mol. The summed E-state index contributed by atoms with van der Waals surface area (Å²) in [6.07, 6.45) is 11.1. The van der Waals surface area contributed by atoms with Gasteiger partial charge in [-0.25, -0.2) is 0 Å². The Hall–Kier alpha value is -1.32. The highest BCUT2D eigenvalue weighted by Gasteiger charge is 2.61. The van der Waals surface area contributed by atoms with Crippen LogP contribution in [0.4, 0.5) is 5.69 Å². The van der Waals surface area contributed by atoms with E-state index in [1.165, 1.54) is 42.5 Å². The van der Waals surface area contributed by atoms with Gasteiger partial charge in [0.2, 0.25) is 0 Å². The molecule has 0 spiro atoms. The number of aliphatic hydroxyl groups excluding tert-OH is 2. The van der Waals surface area contributed by atoms with Crippen LogP contribution in [0.3, 0.4) is 0 Å². The lowest BCUT2D eigenvalue weighted by atomic mass is 9.45. The minimum Gasteiger partial charge on any atom is -0.393 e. The van der Waals surface area contributed by atoms with E-state index in [1.807, 2.05) is 0 Å². The lowest BCUT2D eigenvalue weighted by Gasteiger charge is -2.60. The van der Waals surface area contributed by atoms with Gasteiger partial charge in [-0.3, -0.25) is 0 Å². The van der Waals surface area contributed by atoms with Crippen LogP contribution in [0.1, 0.15) is 70.8 Å². The van der Waals surface area contributed by atoms with Crippen molar-refractivity contribution in [3.63, 3.8) is 0 Å². The van der Waals surface area contributed by atoms with Crippen molar-refractivity contribution in [1.29, 1.82) is 0 Å². The fourth-order valence-electron chi connectivity index (χ4n) is 8.32. The molecule has 0 radical (unpaired) electrons. The fourth-order valence-corrected chi connectivity index (χ4v) is 8.32. The maximum atomic E-state index is 11.5. The first-order valence-electron chi connectivity index (χ1n) is 12.6. The number of nitrogens with zero attached hydrogens (tertiary/aromatic N) is 1. The lowest BCUT2D eigenvalue weighted by molar-refractivity contribution is -0.133. The number of rotatable bonds is 2. The van der Waals surface area contributed by atoms with Crippen LogP contribution >= 0.6 is 0 Å². The van der Waals surface area contributed by atoms with Crippen LogP contribution in [0.25, 0.3) is 6.08 Å². The Morgan fingerprint density at radius 1 is 0.903 bits per heavy atom. The van der Waals surface area contributed by atoms with Crippen molar-refractivity contribution in [3.8, 4) is 0 Å². The van der Waals surface area contributed by atoms with Crippen LogP contribution in [-0.4, -0.2) is 36.5 Å².